The van der Waals surface area contributed by atoms with E-state index in [1.165, 1.54) is 48.8 Å². The molecule has 0 aliphatic heterocycles. The number of nitrogens with zero attached hydrogens (tertiary/aromatic N) is 1. The minimum absolute atomic E-state index is 0.0509. The molecule has 2 N–H and O–H groups in total. The van der Waals surface area contributed by atoms with Crippen LogP contribution in [0.4, 0.5) is 10.1 Å². The highest BCUT2D eigenvalue weighted by atomic mass is 32.2. The number of sulfonamides is 1. The summed E-state index contributed by atoms with van der Waals surface area (Å²) in [7, 11) is -3.78. The molecule has 8 heteroatoms. The van der Waals surface area contributed by atoms with Crippen molar-refractivity contribution < 1.29 is 17.6 Å². The number of carbonyl (C=O) groups is 1. The Morgan fingerprint density at radius 1 is 0.903 bits per heavy atom. The van der Waals surface area contributed by atoms with Crippen molar-refractivity contribution in [2.75, 3.05) is 4.72 Å². The van der Waals surface area contributed by atoms with Gasteiger partial charge in [0.05, 0.1) is 16.1 Å². The Balaban J connectivity index is 1.52. The summed E-state index contributed by atoms with van der Waals surface area (Å²) in [5.41, 5.74) is 1.09. The van der Waals surface area contributed by atoms with E-state index in [2.05, 4.69) is 15.0 Å². The Kier molecular flexibility index (Phi) is 5.73. The van der Waals surface area contributed by atoms with Crippen molar-refractivity contribution in [3.05, 3.63) is 90.0 Å². The van der Waals surface area contributed by atoms with Crippen molar-refractivity contribution in [3.63, 3.8) is 0 Å². The number of hydrogen-bond acceptors (Lipinski definition) is 4. The van der Waals surface area contributed by atoms with E-state index in [0.717, 1.165) is 31.2 Å². The van der Waals surface area contributed by atoms with E-state index in [4.69, 9.17) is 0 Å². The molecule has 160 valence electrons. The van der Waals surface area contributed by atoms with Crippen LogP contribution in [0.1, 0.15) is 41.6 Å². The van der Waals surface area contributed by atoms with E-state index >= 15 is 0 Å². The molecular weight excluding hydrogens is 417 g/mol. The van der Waals surface area contributed by atoms with Crippen LogP contribution in [-0.4, -0.2) is 19.3 Å². The Morgan fingerprint density at radius 2 is 1.52 bits per heavy atom. The highest BCUT2D eigenvalue weighted by Gasteiger charge is 2.37. The fourth-order valence-electron chi connectivity index (χ4n) is 3.94. The lowest BCUT2D eigenvalue weighted by atomic mass is 9.87. The summed E-state index contributed by atoms with van der Waals surface area (Å²) in [6, 6.07) is 15.1. The summed E-state index contributed by atoms with van der Waals surface area (Å²) >= 11 is 0. The standard InChI is InChI=1S/C23H22FN3O3S/c24-19-7-5-18(6-8-19)23(13-1-2-14-23)26-22(28)17-3-9-21(10-4-17)31(29,30)27-20-11-15-25-16-12-20/h3-12,15-16H,1-2,13-14H2,(H,25,27)(H,26,28). The van der Waals surface area contributed by atoms with E-state index in [0.29, 0.717) is 11.3 Å². The predicted octanol–water partition coefficient (Wildman–Crippen LogP) is 4.22. The van der Waals surface area contributed by atoms with Crippen molar-refractivity contribution in [2.45, 2.75) is 36.1 Å². The fourth-order valence-corrected chi connectivity index (χ4v) is 5.00. The molecule has 1 aliphatic carbocycles. The van der Waals surface area contributed by atoms with Crippen LogP contribution in [0.5, 0.6) is 0 Å². The summed E-state index contributed by atoms with van der Waals surface area (Å²) in [6.45, 7) is 0. The zero-order valence-electron chi connectivity index (χ0n) is 16.7. The van der Waals surface area contributed by atoms with Gasteiger partial charge in [-0.25, -0.2) is 12.8 Å². The van der Waals surface area contributed by atoms with E-state index < -0.39 is 15.6 Å². The number of aromatic nitrogens is 1. The minimum atomic E-state index is -3.78. The van der Waals surface area contributed by atoms with E-state index in [-0.39, 0.29) is 16.6 Å². The third-order valence-corrected chi connectivity index (χ3v) is 6.96. The Morgan fingerprint density at radius 3 is 2.13 bits per heavy atom. The van der Waals surface area contributed by atoms with E-state index in [1.807, 2.05) is 0 Å². The molecular formula is C23H22FN3O3S. The van der Waals surface area contributed by atoms with E-state index in [1.54, 1.807) is 24.3 Å². The van der Waals surface area contributed by atoms with Crippen molar-refractivity contribution in [2.24, 2.45) is 0 Å². The molecule has 1 fully saturated rings. The summed E-state index contributed by atoms with van der Waals surface area (Å²) in [5.74, 6) is -0.613. The second-order valence-electron chi connectivity index (χ2n) is 7.62. The highest BCUT2D eigenvalue weighted by Crippen LogP contribution is 2.39. The van der Waals surface area contributed by atoms with Crippen LogP contribution in [0.15, 0.2) is 78.0 Å². The second kappa shape index (κ2) is 8.47. The van der Waals surface area contributed by atoms with Gasteiger partial charge in [-0.05, 0) is 66.9 Å². The van der Waals surface area contributed by atoms with Gasteiger partial charge >= 0.3 is 0 Å². The fraction of sp³-hybridized carbons (Fsp3) is 0.217. The number of rotatable bonds is 6. The third kappa shape index (κ3) is 4.59. The SMILES string of the molecule is O=C(NC1(c2ccc(F)cc2)CCCC1)c1ccc(S(=O)(=O)Nc2ccncc2)cc1. The molecule has 0 radical (unpaired) electrons. The molecule has 1 aliphatic rings. The predicted molar refractivity (Wildman–Crippen MR) is 115 cm³/mol. The van der Waals surface area contributed by atoms with Gasteiger partial charge in [-0.15, -0.1) is 0 Å². The van der Waals surface area contributed by atoms with Crippen LogP contribution in [0.2, 0.25) is 0 Å². The molecule has 2 aromatic carbocycles. The molecule has 6 nitrogen and oxygen atoms in total. The first kappa shape index (κ1) is 21.0. The molecule has 1 amide bonds. The molecule has 0 atom stereocenters. The van der Waals surface area contributed by atoms with Gasteiger partial charge in [0.25, 0.3) is 15.9 Å². The summed E-state index contributed by atoms with van der Waals surface area (Å²) < 4.78 is 41.0. The third-order valence-electron chi connectivity index (χ3n) is 5.57. The first-order valence-corrected chi connectivity index (χ1v) is 11.5. The van der Waals surface area contributed by atoms with Gasteiger partial charge in [-0.3, -0.25) is 14.5 Å². The molecule has 1 heterocycles. The first-order chi connectivity index (χ1) is 14.9. The van der Waals surface area contributed by atoms with Gasteiger partial charge < -0.3 is 5.32 Å². The maximum Gasteiger partial charge on any atom is 0.261 e. The number of amides is 1. The topological polar surface area (TPSA) is 88.2 Å². The van der Waals surface area contributed by atoms with Crippen LogP contribution < -0.4 is 10.0 Å². The Labute approximate surface area is 180 Å². The molecule has 4 rings (SSSR count). The van der Waals surface area contributed by atoms with Gasteiger partial charge in [0.1, 0.15) is 5.82 Å². The first-order valence-electron chi connectivity index (χ1n) is 9.99. The zero-order valence-corrected chi connectivity index (χ0v) is 17.5. The van der Waals surface area contributed by atoms with Gasteiger partial charge in [0.2, 0.25) is 0 Å². The second-order valence-corrected chi connectivity index (χ2v) is 9.30. The maximum absolute atomic E-state index is 13.4. The highest BCUT2D eigenvalue weighted by molar-refractivity contribution is 7.92. The Hall–Kier alpha value is -3.26. The molecule has 31 heavy (non-hydrogen) atoms. The summed E-state index contributed by atoms with van der Waals surface area (Å²) in [4.78, 5) is 16.8. The number of pyridine rings is 1. The average Bonchev–Trinajstić information content (AvgIpc) is 3.24. The monoisotopic (exact) mass is 439 g/mol. The number of carbonyl (C=O) groups excluding carboxylic acids is 1. The van der Waals surface area contributed by atoms with Crippen molar-refractivity contribution in [1.82, 2.24) is 10.3 Å². The van der Waals surface area contributed by atoms with Crippen molar-refractivity contribution in [1.29, 1.82) is 0 Å². The normalized spacial score (nSPS) is 15.4. The van der Waals surface area contributed by atoms with Gasteiger partial charge in [0.15, 0.2) is 0 Å². The molecule has 3 aromatic rings. The van der Waals surface area contributed by atoms with Crippen molar-refractivity contribution in [3.8, 4) is 0 Å². The maximum atomic E-state index is 13.4. The van der Waals surface area contributed by atoms with Crippen LogP contribution in [0.25, 0.3) is 0 Å². The van der Waals surface area contributed by atoms with Crippen molar-refractivity contribution >= 4 is 21.6 Å². The van der Waals surface area contributed by atoms with Gasteiger partial charge in [0, 0.05) is 18.0 Å². The quantitative estimate of drug-likeness (QED) is 0.602. The lowest BCUT2D eigenvalue weighted by Crippen LogP contribution is -2.43. The van der Waals surface area contributed by atoms with Crippen LogP contribution in [0, 0.1) is 5.82 Å². The lowest BCUT2D eigenvalue weighted by molar-refractivity contribution is 0.0898. The summed E-state index contributed by atoms with van der Waals surface area (Å²) in [6.07, 6.45) is 6.46. The number of benzene rings is 2. The average molecular weight is 440 g/mol. The number of nitrogens with one attached hydrogen (secondary N) is 2. The molecule has 0 saturated heterocycles. The zero-order chi connectivity index (χ0) is 21.9. The minimum Gasteiger partial charge on any atom is -0.343 e. The number of halogens is 1. The summed E-state index contributed by atoms with van der Waals surface area (Å²) in [5, 5.41) is 3.11. The van der Waals surface area contributed by atoms with Gasteiger partial charge in [-0.2, -0.15) is 0 Å². The number of hydrogen-bond donors (Lipinski definition) is 2. The van der Waals surface area contributed by atoms with Crippen LogP contribution >= 0.6 is 0 Å². The molecule has 0 spiro atoms. The molecule has 0 unspecified atom stereocenters. The van der Waals surface area contributed by atoms with E-state index in [9.17, 15) is 17.6 Å². The molecule has 1 aromatic heterocycles. The lowest BCUT2D eigenvalue weighted by Gasteiger charge is -2.31. The van der Waals surface area contributed by atoms with Gasteiger partial charge in [-0.1, -0.05) is 25.0 Å². The molecule has 0 bridgehead atoms. The molecule has 1 saturated carbocycles. The number of anilines is 1. The van der Waals surface area contributed by atoms with Crippen LogP contribution in [-0.2, 0) is 15.6 Å². The largest absolute Gasteiger partial charge is 0.343 e. The smallest absolute Gasteiger partial charge is 0.261 e. The Bertz CT molecular complexity index is 1160. The van der Waals surface area contributed by atoms with Crippen LogP contribution in [0.3, 0.4) is 0 Å².